The summed E-state index contributed by atoms with van der Waals surface area (Å²) in [6.45, 7) is 2.39. The molecule has 0 fully saturated rings. The zero-order chi connectivity index (χ0) is 19.5. The van der Waals surface area contributed by atoms with E-state index >= 15 is 0 Å². The number of Topliss-reactive ketones (excluding diaryl/α,β-unsaturated/α-hetero) is 1. The van der Waals surface area contributed by atoms with E-state index in [-0.39, 0.29) is 12.4 Å². The number of carbonyl (C=O) groups is 2. The first-order valence-electron chi connectivity index (χ1n) is 8.74. The summed E-state index contributed by atoms with van der Waals surface area (Å²) in [5.41, 5.74) is 1.80. The number of carbonyl (C=O) groups excluding carboxylic acids is 2. The van der Waals surface area contributed by atoms with Gasteiger partial charge in [-0.3, -0.25) is 4.79 Å². The Labute approximate surface area is 165 Å². The Hall–Kier alpha value is -3.19. The van der Waals surface area contributed by atoms with E-state index in [4.69, 9.17) is 14.2 Å². The van der Waals surface area contributed by atoms with Gasteiger partial charge < -0.3 is 14.2 Å². The molecule has 1 aromatic heterocycles. The average Bonchev–Trinajstić information content (AvgIpc) is 3.14. The fraction of sp³-hybridized carbons (Fsp3) is 0.190. The lowest BCUT2D eigenvalue weighted by atomic mass is 10.1. The monoisotopic (exact) mass is 395 g/mol. The number of nitrogens with zero attached hydrogens (tertiary/aromatic N) is 1. The summed E-state index contributed by atoms with van der Waals surface area (Å²) in [5, 5.41) is 0.754. The number of aryl methyl sites for hydroxylation is 1. The van der Waals surface area contributed by atoms with Crippen molar-refractivity contribution >= 4 is 23.1 Å². The van der Waals surface area contributed by atoms with Crippen LogP contribution in [0.15, 0.2) is 48.5 Å². The molecule has 0 saturated heterocycles. The molecule has 7 heteroatoms. The molecular weight excluding hydrogens is 378 g/mol. The van der Waals surface area contributed by atoms with Crippen molar-refractivity contribution in [3.8, 4) is 22.8 Å². The minimum Gasteiger partial charge on any atom is -0.486 e. The maximum absolute atomic E-state index is 12.6. The molecule has 2 aromatic carbocycles. The van der Waals surface area contributed by atoms with Crippen LogP contribution >= 0.6 is 11.3 Å². The van der Waals surface area contributed by atoms with Crippen LogP contribution in [0, 0.1) is 6.92 Å². The van der Waals surface area contributed by atoms with Gasteiger partial charge in [-0.25, -0.2) is 9.78 Å². The van der Waals surface area contributed by atoms with E-state index in [1.807, 2.05) is 37.3 Å². The Morgan fingerprint density at radius 1 is 1.07 bits per heavy atom. The quantitative estimate of drug-likeness (QED) is 0.481. The number of esters is 1. The molecule has 0 saturated carbocycles. The highest BCUT2D eigenvalue weighted by Crippen LogP contribution is 2.31. The highest BCUT2D eigenvalue weighted by Gasteiger charge is 2.21. The van der Waals surface area contributed by atoms with Gasteiger partial charge in [0.05, 0.1) is 10.7 Å². The molecule has 0 amide bonds. The van der Waals surface area contributed by atoms with Crippen molar-refractivity contribution in [3.05, 3.63) is 64.0 Å². The predicted molar refractivity (Wildman–Crippen MR) is 104 cm³/mol. The van der Waals surface area contributed by atoms with Gasteiger partial charge in [0.15, 0.2) is 23.9 Å². The topological polar surface area (TPSA) is 74.7 Å². The molecule has 0 N–H and O–H groups in total. The molecule has 28 heavy (non-hydrogen) atoms. The Bertz CT molecular complexity index is 1030. The third kappa shape index (κ3) is 3.75. The summed E-state index contributed by atoms with van der Waals surface area (Å²) >= 11 is 1.25. The second kappa shape index (κ2) is 7.82. The third-order valence-electron chi connectivity index (χ3n) is 4.17. The number of thiazole rings is 1. The van der Waals surface area contributed by atoms with E-state index in [0.29, 0.717) is 40.8 Å². The van der Waals surface area contributed by atoms with Crippen LogP contribution < -0.4 is 9.47 Å². The van der Waals surface area contributed by atoms with E-state index in [9.17, 15) is 9.59 Å². The molecule has 0 bridgehead atoms. The number of ketones is 1. The number of hydrogen-bond donors (Lipinski definition) is 0. The van der Waals surface area contributed by atoms with Crippen LogP contribution in [0.4, 0.5) is 0 Å². The van der Waals surface area contributed by atoms with Crippen molar-refractivity contribution in [1.82, 2.24) is 4.98 Å². The van der Waals surface area contributed by atoms with Gasteiger partial charge in [0, 0.05) is 11.1 Å². The molecule has 6 nitrogen and oxygen atoms in total. The summed E-state index contributed by atoms with van der Waals surface area (Å²) in [6, 6.07) is 14.3. The second-order valence-corrected chi connectivity index (χ2v) is 7.34. The molecule has 4 rings (SSSR count). The molecule has 2 heterocycles. The molecular formula is C21H17NO5S. The van der Waals surface area contributed by atoms with Crippen molar-refractivity contribution in [2.45, 2.75) is 6.92 Å². The molecule has 0 unspecified atom stereocenters. The van der Waals surface area contributed by atoms with Crippen LogP contribution in [0.5, 0.6) is 11.5 Å². The summed E-state index contributed by atoms with van der Waals surface area (Å²) in [6.07, 6.45) is 0. The first kappa shape index (κ1) is 18.2. The SMILES string of the molecule is Cc1nc(-c2ccccc2)c(C(=O)OCC(=O)c2ccc3c(c2)OCCO3)s1. The van der Waals surface area contributed by atoms with Gasteiger partial charge in [0.1, 0.15) is 18.1 Å². The van der Waals surface area contributed by atoms with E-state index in [1.54, 1.807) is 18.2 Å². The highest BCUT2D eigenvalue weighted by molar-refractivity contribution is 7.14. The predicted octanol–water partition coefficient (Wildman–Crippen LogP) is 3.93. The molecule has 0 radical (unpaired) electrons. The zero-order valence-electron chi connectivity index (χ0n) is 15.1. The van der Waals surface area contributed by atoms with Crippen LogP contribution in [-0.2, 0) is 4.74 Å². The lowest BCUT2D eigenvalue weighted by Gasteiger charge is -2.18. The van der Waals surface area contributed by atoms with Crippen molar-refractivity contribution in [1.29, 1.82) is 0 Å². The maximum Gasteiger partial charge on any atom is 0.351 e. The van der Waals surface area contributed by atoms with Crippen LogP contribution in [0.25, 0.3) is 11.3 Å². The highest BCUT2D eigenvalue weighted by atomic mass is 32.1. The van der Waals surface area contributed by atoms with Crippen LogP contribution in [0.1, 0.15) is 25.0 Å². The number of rotatable bonds is 5. The van der Waals surface area contributed by atoms with Crippen molar-refractivity contribution in [3.63, 3.8) is 0 Å². The van der Waals surface area contributed by atoms with Gasteiger partial charge in [-0.15, -0.1) is 11.3 Å². The van der Waals surface area contributed by atoms with E-state index in [1.165, 1.54) is 11.3 Å². The van der Waals surface area contributed by atoms with Gasteiger partial charge >= 0.3 is 5.97 Å². The van der Waals surface area contributed by atoms with E-state index in [2.05, 4.69) is 4.98 Å². The molecule has 0 spiro atoms. The molecule has 1 aliphatic rings. The van der Waals surface area contributed by atoms with Gasteiger partial charge in [-0.05, 0) is 25.1 Å². The molecule has 142 valence electrons. The van der Waals surface area contributed by atoms with E-state index < -0.39 is 5.97 Å². The number of ether oxygens (including phenoxy) is 3. The third-order valence-corrected chi connectivity index (χ3v) is 5.12. The van der Waals surface area contributed by atoms with Crippen molar-refractivity contribution in [2.75, 3.05) is 19.8 Å². The zero-order valence-corrected chi connectivity index (χ0v) is 16.0. The Balaban J connectivity index is 1.47. The van der Waals surface area contributed by atoms with Gasteiger partial charge in [0.25, 0.3) is 0 Å². The molecule has 1 aliphatic heterocycles. The number of hydrogen-bond acceptors (Lipinski definition) is 7. The first-order chi connectivity index (χ1) is 13.6. The Morgan fingerprint density at radius 3 is 2.61 bits per heavy atom. The lowest BCUT2D eigenvalue weighted by molar-refractivity contribution is 0.0480. The Morgan fingerprint density at radius 2 is 1.82 bits per heavy atom. The molecule has 3 aromatic rings. The summed E-state index contributed by atoms with van der Waals surface area (Å²) in [7, 11) is 0. The van der Waals surface area contributed by atoms with Gasteiger partial charge in [-0.2, -0.15) is 0 Å². The second-order valence-electron chi connectivity index (χ2n) is 6.13. The normalized spacial score (nSPS) is 12.5. The fourth-order valence-electron chi connectivity index (χ4n) is 2.85. The van der Waals surface area contributed by atoms with Gasteiger partial charge in [0.2, 0.25) is 0 Å². The lowest BCUT2D eigenvalue weighted by Crippen LogP contribution is -2.17. The summed E-state index contributed by atoms with van der Waals surface area (Å²) in [5.74, 6) is 0.253. The number of fused-ring (bicyclic) bond motifs is 1. The summed E-state index contributed by atoms with van der Waals surface area (Å²) < 4.78 is 16.2. The minimum absolute atomic E-state index is 0.312. The minimum atomic E-state index is -0.560. The van der Waals surface area contributed by atoms with Crippen molar-refractivity contribution < 1.29 is 23.8 Å². The molecule has 0 aliphatic carbocycles. The van der Waals surface area contributed by atoms with Gasteiger partial charge in [-0.1, -0.05) is 30.3 Å². The Kier molecular flexibility index (Phi) is 5.08. The fourth-order valence-corrected chi connectivity index (χ4v) is 3.69. The largest absolute Gasteiger partial charge is 0.486 e. The standard InChI is InChI=1S/C21H17NO5S/c1-13-22-19(14-5-3-2-4-6-14)20(28-13)21(24)27-12-16(23)15-7-8-17-18(11-15)26-10-9-25-17/h2-8,11H,9-10,12H2,1H3. The summed E-state index contributed by atoms with van der Waals surface area (Å²) in [4.78, 5) is 29.8. The smallest absolute Gasteiger partial charge is 0.351 e. The van der Waals surface area contributed by atoms with Crippen molar-refractivity contribution in [2.24, 2.45) is 0 Å². The average molecular weight is 395 g/mol. The van der Waals surface area contributed by atoms with Crippen LogP contribution in [-0.4, -0.2) is 36.6 Å². The van der Waals surface area contributed by atoms with Crippen LogP contribution in [0.3, 0.4) is 0 Å². The van der Waals surface area contributed by atoms with E-state index in [0.717, 1.165) is 10.6 Å². The maximum atomic E-state index is 12.6. The first-order valence-corrected chi connectivity index (χ1v) is 9.56. The number of aromatic nitrogens is 1. The van der Waals surface area contributed by atoms with Crippen LogP contribution in [0.2, 0.25) is 0 Å². The molecule has 0 atom stereocenters. The number of benzene rings is 2.